The van der Waals surface area contributed by atoms with Crippen molar-refractivity contribution in [3.63, 3.8) is 0 Å². The van der Waals surface area contributed by atoms with Crippen LogP contribution in [-0.4, -0.2) is 22.7 Å². The number of benzene rings is 2. The molecule has 2 aromatic carbocycles. The third kappa shape index (κ3) is 4.89. The number of nitrogens with one attached hydrogen (secondary N) is 1. The number of amides is 1. The fourth-order valence-corrected chi connectivity index (χ4v) is 2.68. The highest BCUT2D eigenvalue weighted by Crippen LogP contribution is 2.20. The first-order chi connectivity index (χ1) is 12.6. The average molecular weight is 412 g/mol. The second kappa shape index (κ2) is 8.58. The van der Waals surface area contributed by atoms with Crippen LogP contribution in [0.4, 0.5) is 5.69 Å². The molecule has 1 aromatic heterocycles. The van der Waals surface area contributed by atoms with E-state index in [1.807, 2.05) is 61.5 Å². The maximum atomic E-state index is 12.2. The van der Waals surface area contributed by atoms with Gasteiger partial charge in [0.1, 0.15) is 0 Å². The van der Waals surface area contributed by atoms with E-state index in [-0.39, 0.29) is 5.91 Å². The number of ether oxygens (including phenoxy) is 1. The van der Waals surface area contributed by atoms with E-state index in [1.165, 1.54) is 0 Å². The zero-order chi connectivity index (χ0) is 18.4. The lowest BCUT2D eigenvalue weighted by atomic mass is 10.1. The summed E-state index contributed by atoms with van der Waals surface area (Å²) in [6.45, 7) is 2.46. The fraction of sp³-hybridized carbons (Fsp3) is 0.150. The van der Waals surface area contributed by atoms with Gasteiger partial charge in [-0.3, -0.25) is 4.79 Å². The van der Waals surface area contributed by atoms with E-state index in [1.54, 1.807) is 6.07 Å². The van der Waals surface area contributed by atoms with Gasteiger partial charge in [0.25, 0.3) is 0 Å². The number of carbonyl (C=O) groups is 1. The molecule has 0 aliphatic rings. The number of hydrogen-bond donors (Lipinski definition) is 1. The summed E-state index contributed by atoms with van der Waals surface area (Å²) in [4.78, 5) is 12.2. The molecular formula is C20H18BrN3O2. The van der Waals surface area contributed by atoms with Gasteiger partial charge in [0.05, 0.1) is 18.7 Å². The first-order valence-corrected chi connectivity index (χ1v) is 9.04. The van der Waals surface area contributed by atoms with Crippen molar-refractivity contribution in [2.75, 3.05) is 11.9 Å². The monoisotopic (exact) mass is 411 g/mol. The topological polar surface area (TPSA) is 64.1 Å². The quantitative estimate of drug-likeness (QED) is 0.648. The molecule has 3 rings (SSSR count). The molecule has 5 nitrogen and oxygen atoms in total. The molecule has 0 aliphatic carbocycles. The summed E-state index contributed by atoms with van der Waals surface area (Å²) < 4.78 is 6.29. The van der Waals surface area contributed by atoms with E-state index < -0.39 is 0 Å². The number of rotatable bonds is 6. The standard InChI is InChI=1S/C20H18BrN3O2/c1-2-26-20-12-11-18(23-24-20)15-5-9-17(10-6-15)22-19(25)13-14-3-7-16(21)8-4-14/h3-12H,2,13H2,1H3,(H,22,25). The van der Waals surface area contributed by atoms with Crippen LogP contribution in [0.2, 0.25) is 0 Å². The van der Waals surface area contributed by atoms with E-state index in [0.717, 1.165) is 27.0 Å². The Bertz CT molecular complexity index is 863. The van der Waals surface area contributed by atoms with Gasteiger partial charge in [-0.15, -0.1) is 10.2 Å². The molecule has 0 unspecified atom stereocenters. The number of anilines is 1. The minimum absolute atomic E-state index is 0.0547. The largest absolute Gasteiger partial charge is 0.477 e. The van der Waals surface area contributed by atoms with Crippen molar-refractivity contribution in [2.45, 2.75) is 13.3 Å². The highest BCUT2D eigenvalue weighted by atomic mass is 79.9. The third-order valence-electron chi connectivity index (χ3n) is 3.67. The first-order valence-electron chi connectivity index (χ1n) is 8.25. The Hall–Kier alpha value is -2.73. The molecule has 0 atom stereocenters. The predicted molar refractivity (Wildman–Crippen MR) is 105 cm³/mol. The zero-order valence-electron chi connectivity index (χ0n) is 14.3. The van der Waals surface area contributed by atoms with Gasteiger partial charge in [-0.1, -0.05) is 40.2 Å². The van der Waals surface area contributed by atoms with Crippen LogP contribution in [0.15, 0.2) is 65.1 Å². The van der Waals surface area contributed by atoms with Gasteiger partial charge >= 0.3 is 0 Å². The van der Waals surface area contributed by atoms with Crippen molar-refractivity contribution in [3.8, 4) is 17.1 Å². The summed E-state index contributed by atoms with van der Waals surface area (Å²) >= 11 is 3.39. The van der Waals surface area contributed by atoms with E-state index >= 15 is 0 Å². The van der Waals surface area contributed by atoms with E-state index in [0.29, 0.717) is 18.9 Å². The summed E-state index contributed by atoms with van der Waals surface area (Å²) in [6, 6.07) is 18.9. The maximum absolute atomic E-state index is 12.2. The molecule has 6 heteroatoms. The molecule has 1 N–H and O–H groups in total. The number of nitrogens with zero attached hydrogens (tertiary/aromatic N) is 2. The molecule has 0 aliphatic heterocycles. The van der Waals surface area contributed by atoms with Crippen molar-refractivity contribution < 1.29 is 9.53 Å². The van der Waals surface area contributed by atoms with Gasteiger partial charge in [-0.25, -0.2) is 0 Å². The maximum Gasteiger partial charge on any atom is 0.233 e. The molecule has 1 amide bonds. The van der Waals surface area contributed by atoms with Crippen LogP contribution in [0.1, 0.15) is 12.5 Å². The van der Waals surface area contributed by atoms with Crippen LogP contribution >= 0.6 is 15.9 Å². The Balaban J connectivity index is 1.61. The summed E-state index contributed by atoms with van der Waals surface area (Å²) in [5.41, 5.74) is 3.38. The Labute approximate surface area is 160 Å². The first kappa shape index (κ1) is 18.1. The molecule has 0 fully saturated rings. The fourth-order valence-electron chi connectivity index (χ4n) is 2.42. The van der Waals surface area contributed by atoms with Crippen LogP contribution in [0.25, 0.3) is 11.3 Å². The average Bonchev–Trinajstić information content (AvgIpc) is 2.65. The van der Waals surface area contributed by atoms with Crippen LogP contribution in [-0.2, 0) is 11.2 Å². The predicted octanol–water partition coefficient (Wildman–Crippen LogP) is 4.49. The van der Waals surface area contributed by atoms with Crippen LogP contribution in [0, 0.1) is 0 Å². The highest BCUT2D eigenvalue weighted by Gasteiger charge is 2.06. The van der Waals surface area contributed by atoms with Gasteiger partial charge in [0.15, 0.2) is 0 Å². The van der Waals surface area contributed by atoms with E-state index in [4.69, 9.17) is 4.74 Å². The second-order valence-corrected chi connectivity index (χ2v) is 6.53. The Morgan fingerprint density at radius 3 is 2.35 bits per heavy atom. The van der Waals surface area contributed by atoms with Gasteiger partial charge < -0.3 is 10.1 Å². The van der Waals surface area contributed by atoms with Crippen molar-refractivity contribution >= 4 is 27.5 Å². The van der Waals surface area contributed by atoms with Crippen LogP contribution in [0.5, 0.6) is 5.88 Å². The minimum atomic E-state index is -0.0547. The highest BCUT2D eigenvalue weighted by molar-refractivity contribution is 9.10. The summed E-state index contributed by atoms with van der Waals surface area (Å²) in [5, 5.41) is 11.1. The molecule has 0 spiro atoms. The summed E-state index contributed by atoms with van der Waals surface area (Å²) in [5.74, 6) is 0.453. The lowest BCUT2D eigenvalue weighted by molar-refractivity contribution is -0.115. The molecule has 3 aromatic rings. The van der Waals surface area contributed by atoms with Gasteiger partial charge in [-0.05, 0) is 42.8 Å². The van der Waals surface area contributed by atoms with E-state index in [9.17, 15) is 4.79 Å². The Kier molecular flexibility index (Phi) is 5.96. The SMILES string of the molecule is CCOc1ccc(-c2ccc(NC(=O)Cc3ccc(Br)cc3)cc2)nn1. The lowest BCUT2D eigenvalue weighted by Crippen LogP contribution is -2.14. The third-order valence-corrected chi connectivity index (χ3v) is 4.20. The van der Waals surface area contributed by atoms with Gasteiger partial charge in [-0.2, -0.15) is 0 Å². The molecule has 0 radical (unpaired) electrons. The molecule has 0 saturated carbocycles. The second-order valence-electron chi connectivity index (χ2n) is 5.62. The molecule has 0 saturated heterocycles. The summed E-state index contributed by atoms with van der Waals surface area (Å²) in [6.07, 6.45) is 0.333. The normalized spacial score (nSPS) is 10.4. The molecule has 26 heavy (non-hydrogen) atoms. The molecule has 0 bridgehead atoms. The minimum Gasteiger partial charge on any atom is -0.477 e. The lowest BCUT2D eigenvalue weighted by Gasteiger charge is -2.07. The van der Waals surface area contributed by atoms with Crippen molar-refractivity contribution in [1.82, 2.24) is 10.2 Å². The Morgan fingerprint density at radius 1 is 1.00 bits per heavy atom. The number of hydrogen-bond acceptors (Lipinski definition) is 4. The number of carbonyl (C=O) groups excluding carboxylic acids is 1. The van der Waals surface area contributed by atoms with Gasteiger partial charge in [0.2, 0.25) is 11.8 Å². The smallest absolute Gasteiger partial charge is 0.233 e. The zero-order valence-corrected chi connectivity index (χ0v) is 15.9. The van der Waals surface area contributed by atoms with Gasteiger partial charge in [0, 0.05) is 21.8 Å². The van der Waals surface area contributed by atoms with Crippen LogP contribution < -0.4 is 10.1 Å². The van der Waals surface area contributed by atoms with Crippen molar-refractivity contribution in [3.05, 3.63) is 70.7 Å². The number of halogens is 1. The number of aromatic nitrogens is 2. The van der Waals surface area contributed by atoms with E-state index in [2.05, 4.69) is 31.4 Å². The van der Waals surface area contributed by atoms with Crippen molar-refractivity contribution in [2.24, 2.45) is 0 Å². The Morgan fingerprint density at radius 2 is 1.73 bits per heavy atom. The molecule has 132 valence electrons. The van der Waals surface area contributed by atoms with Crippen LogP contribution in [0.3, 0.4) is 0 Å². The summed E-state index contributed by atoms with van der Waals surface area (Å²) in [7, 11) is 0. The molecular weight excluding hydrogens is 394 g/mol. The van der Waals surface area contributed by atoms with Crippen molar-refractivity contribution in [1.29, 1.82) is 0 Å². The molecule has 1 heterocycles.